The fourth-order valence-corrected chi connectivity index (χ4v) is 2.97. The van der Waals surface area contributed by atoms with Crippen LogP contribution in [0.3, 0.4) is 0 Å². The molecule has 0 aliphatic heterocycles. The van der Waals surface area contributed by atoms with E-state index in [0.717, 1.165) is 11.0 Å². The van der Waals surface area contributed by atoms with Gasteiger partial charge in [0.15, 0.2) is 0 Å². The molecule has 0 saturated carbocycles. The van der Waals surface area contributed by atoms with Crippen molar-refractivity contribution >= 4 is 34.5 Å². The lowest BCUT2D eigenvalue weighted by atomic mass is 10.1. The summed E-state index contributed by atoms with van der Waals surface area (Å²) in [4.78, 5) is 17.2. The van der Waals surface area contributed by atoms with E-state index in [-0.39, 0.29) is 11.9 Å². The van der Waals surface area contributed by atoms with E-state index >= 15 is 0 Å². The van der Waals surface area contributed by atoms with E-state index in [1.165, 1.54) is 0 Å². The van der Waals surface area contributed by atoms with Gasteiger partial charge >= 0.3 is 0 Å². The molecule has 0 bridgehead atoms. The van der Waals surface area contributed by atoms with Crippen LogP contribution in [0.5, 0.6) is 0 Å². The average Bonchev–Trinajstić information content (AvgIpc) is 2.28. The van der Waals surface area contributed by atoms with Gasteiger partial charge in [-0.25, -0.2) is 0 Å². The fourth-order valence-electron chi connectivity index (χ4n) is 2.12. The molecule has 3 nitrogen and oxygen atoms in total. The third kappa shape index (κ3) is 4.51. The molecule has 0 fully saturated rings. The normalized spacial score (nSPS) is 12.6. The molecule has 0 radical (unpaired) electrons. The first-order valence-electron chi connectivity index (χ1n) is 6.31. The summed E-state index contributed by atoms with van der Waals surface area (Å²) in [5, 5.41) is 0. The predicted octanol–water partition coefficient (Wildman–Crippen LogP) is 3.15. The Balaban J connectivity index is 2.95. The largest absolute Gasteiger partial charge is 0.335 e. The van der Waals surface area contributed by atoms with Crippen molar-refractivity contribution < 1.29 is 4.79 Å². The summed E-state index contributed by atoms with van der Waals surface area (Å²) in [6.07, 6.45) is 0. The van der Waals surface area contributed by atoms with Crippen molar-refractivity contribution in [2.45, 2.75) is 24.8 Å². The van der Waals surface area contributed by atoms with E-state index in [2.05, 4.69) is 40.4 Å². The van der Waals surface area contributed by atoms with E-state index in [0.29, 0.717) is 17.0 Å². The molecular weight excluding hydrogens is 324 g/mol. The van der Waals surface area contributed by atoms with Crippen molar-refractivity contribution in [2.24, 2.45) is 0 Å². The van der Waals surface area contributed by atoms with Crippen LogP contribution >= 0.6 is 28.6 Å². The smallest absolute Gasteiger partial charge is 0.255 e. The monoisotopic (exact) mass is 344 g/mol. The van der Waals surface area contributed by atoms with E-state index in [1.807, 2.05) is 44.1 Å². The SMILES string of the molecule is CCN(C(=O)c1ccc(Br)cc1S)C(C)CN(C)C. The molecule has 0 N–H and O–H groups in total. The summed E-state index contributed by atoms with van der Waals surface area (Å²) in [6, 6.07) is 5.71. The van der Waals surface area contributed by atoms with Crippen molar-refractivity contribution in [1.82, 2.24) is 9.80 Å². The van der Waals surface area contributed by atoms with Gasteiger partial charge < -0.3 is 9.80 Å². The molecule has 0 aromatic heterocycles. The Morgan fingerprint density at radius 1 is 1.42 bits per heavy atom. The third-order valence-electron chi connectivity index (χ3n) is 2.95. The van der Waals surface area contributed by atoms with E-state index in [9.17, 15) is 4.79 Å². The van der Waals surface area contributed by atoms with Crippen LogP contribution in [0.2, 0.25) is 0 Å². The number of likely N-dealkylation sites (N-methyl/N-ethyl adjacent to an activating group) is 2. The molecule has 0 saturated heterocycles. The standard InChI is InChI=1S/C14H21BrN2OS/c1-5-17(10(2)9-16(3)4)14(18)12-7-6-11(15)8-13(12)19/h6-8,10,19H,5,9H2,1-4H3. The van der Waals surface area contributed by atoms with Crippen LogP contribution in [0.25, 0.3) is 0 Å². The summed E-state index contributed by atoms with van der Waals surface area (Å²) in [5.41, 5.74) is 0.652. The Morgan fingerprint density at radius 3 is 2.53 bits per heavy atom. The molecule has 0 heterocycles. The highest BCUT2D eigenvalue weighted by atomic mass is 79.9. The number of nitrogens with zero attached hydrogens (tertiary/aromatic N) is 2. The fraction of sp³-hybridized carbons (Fsp3) is 0.500. The molecule has 1 aromatic rings. The van der Waals surface area contributed by atoms with E-state index in [1.54, 1.807) is 0 Å². The summed E-state index contributed by atoms with van der Waals surface area (Å²) in [7, 11) is 4.02. The van der Waals surface area contributed by atoms with E-state index in [4.69, 9.17) is 0 Å². The molecule has 5 heteroatoms. The minimum absolute atomic E-state index is 0.0364. The van der Waals surface area contributed by atoms with Gasteiger partial charge in [-0.1, -0.05) is 15.9 Å². The molecule has 106 valence electrons. The van der Waals surface area contributed by atoms with Crippen molar-refractivity contribution in [3.63, 3.8) is 0 Å². The lowest BCUT2D eigenvalue weighted by molar-refractivity contribution is 0.0675. The van der Waals surface area contributed by atoms with Gasteiger partial charge in [-0.15, -0.1) is 12.6 Å². The lowest BCUT2D eigenvalue weighted by Crippen LogP contribution is -2.43. The van der Waals surface area contributed by atoms with Crippen molar-refractivity contribution in [2.75, 3.05) is 27.2 Å². The highest BCUT2D eigenvalue weighted by molar-refractivity contribution is 9.10. The predicted molar refractivity (Wildman–Crippen MR) is 86.1 cm³/mol. The maximum Gasteiger partial charge on any atom is 0.255 e. The Hall–Kier alpha value is -0.520. The summed E-state index contributed by atoms with van der Waals surface area (Å²) >= 11 is 7.77. The number of carbonyl (C=O) groups excluding carboxylic acids is 1. The van der Waals surface area contributed by atoms with Gasteiger partial charge in [0.25, 0.3) is 5.91 Å². The Bertz CT molecular complexity index is 451. The van der Waals surface area contributed by atoms with Gasteiger partial charge in [0.05, 0.1) is 5.56 Å². The number of hydrogen-bond donors (Lipinski definition) is 1. The zero-order valence-electron chi connectivity index (χ0n) is 11.9. The second kappa shape index (κ2) is 7.31. The summed E-state index contributed by atoms with van der Waals surface area (Å²) < 4.78 is 0.929. The lowest BCUT2D eigenvalue weighted by Gasteiger charge is -2.30. The second-order valence-electron chi connectivity index (χ2n) is 4.86. The maximum absolute atomic E-state index is 12.6. The molecule has 1 atom stereocenters. The second-order valence-corrected chi connectivity index (χ2v) is 6.26. The Labute approximate surface area is 129 Å². The zero-order chi connectivity index (χ0) is 14.6. The van der Waals surface area contributed by atoms with Crippen molar-refractivity contribution in [3.05, 3.63) is 28.2 Å². The first kappa shape index (κ1) is 16.5. The number of rotatable bonds is 5. The maximum atomic E-state index is 12.6. The molecule has 19 heavy (non-hydrogen) atoms. The number of halogens is 1. The molecule has 0 spiro atoms. The van der Waals surface area contributed by atoms with Gasteiger partial charge in [0.1, 0.15) is 0 Å². The van der Waals surface area contributed by atoms with Gasteiger partial charge in [-0.3, -0.25) is 4.79 Å². The molecular formula is C14H21BrN2OS. The zero-order valence-corrected chi connectivity index (χ0v) is 14.3. The van der Waals surface area contributed by atoms with Crippen LogP contribution in [-0.4, -0.2) is 48.9 Å². The van der Waals surface area contributed by atoms with Crippen molar-refractivity contribution in [3.8, 4) is 0 Å². The molecule has 1 aromatic carbocycles. The molecule has 1 unspecified atom stereocenters. The molecule has 1 rings (SSSR count). The van der Waals surface area contributed by atoms with Crippen LogP contribution in [-0.2, 0) is 0 Å². The van der Waals surface area contributed by atoms with Gasteiger partial charge in [-0.05, 0) is 46.1 Å². The number of thiol groups is 1. The minimum atomic E-state index is 0.0364. The van der Waals surface area contributed by atoms with Gasteiger partial charge in [0.2, 0.25) is 0 Å². The topological polar surface area (TPSA) is 23.6 Å². The summed E-state index contributed by atoms with van der Waals surface area (Å²) in [6.45, 7) is 5.61. The highest BCUT2D eigenvalue weighted by Gasteiger charge is 2.21. The van der Waals surface area contributed by atoms with Gasteiger partial charge in [-0.2, -0.15) is 0 Å². The van der Waals surface area contributed by atoms with Gasteiger partial charge in [0, 0.05) is 28.5 Å². The molecule has 0 aliphatic carbocycles. The highest BCUT2D eigenvalue weighted by Crippen LogP contribution is 2.22. The third-order valence-corrected chi connectivity index (χ3v) is 3.82. The number of hydrogen-bond acceptors (Lipinski definition) is 3. The number of carbonyl (C=O) groups is 1. The van der Waals surface area contributed by atoms with Crippen LogP contribution < -0.4 is 0 Å². The summed E-state index contributed by atoms with van der Waals surface area (Å²) in [5.74, 6) is 0.0364. The number of amides is 1. The van der Waals surface area contributed by atoms with Crippen molar-refractivity contribution in [1.29, 1.82) is 0 Å². The quantitative estimate of drug-likeness (QED) is 0.829. The first-order valence-corrected chi connectivity index (χ1v) is 7.55. The van der Waals surface area contributed by atoms with E-state index < -0.39 is 0 Å². The average molecular weight is 345 g/mol. The van der Waals surface area contributed by atoms with Crippen LogP contribution in [0.4, 0.5) is 0 Å². The Morgan fingerprint density at radius 2 is 2.05 bits per heavy atom. The Kier molecular flexibility index (Phi) is 6.36. The molecule has 1 amide bonds. The van der Waals surface area contributed by atoms with Crippen LogP contribution in [0.1, 0.15) is 24.2 Å². The molecule has 0 aliphatic rings. The number of benzene rings is 1. The first-order chi connectivity index (χ1) is 8.86. The van der Waals surface area contributed by atoms with Crippen LogP contribution in [0.15, 0.2) is 27.6 Å². The minimum Gasteiger partial charge on any atom is -0.335 e. The van der Waals surface area contributed by atoms with Crippen LogP contribution in [0, 0.1) is 0 Å².